The molecule has 0 bridgehead atoms. The summed E-state index contributed by atoms with van der Waals surface area (Å²) < 4.78 is 0. The van der Waals surface area contributed by atoms with Crippen LogP contribution < -0.4 is 0 Å². The van der Waals surface area contributed by atoms with E-state index < -0.39 is 0 Å². The Bertz CT molecular complexity index is 136. The molecule has 0 fully saturated rings. The number of rotatable bonds is 2. The van der Waals surface area contributed by atoms with Crippen LogP contribution in [-0.4, -0.2) is 24.8 Å². The molecule has 0 aliphatic rings. The van der Waals surface area contributed by atoms with E-state index in [2.05, 4.69) is 0 Å². The Morgan fingerprint density at radius 1 is 1.33 bits per heavy atom. The highest BCUT2D eigenvalue weighted by Gasteiger charge is 1.93. The summed E-state index contributed by atoms with van der Waals surface area (Å²) >= 11 is 0. The predicted molar refractivity (Wildman–Crippen MR) is 38.1 cm³/mol. The van der Waals surface area contributed by atoms with Crippen molar-refractivity contribution >= 4 is 5.78 Å². The summed E-state index contributed by atoms with van der Waals surface area (Å²) in [7, 11) is 3.79. The summed E-state index contributed by atoms with van der Waals surface area (Å²) in [6, 6.07) is 0. The molecule has 0 radical (unpaired) electrons. The molecule has 0 spiro atoms. The van der Waals surface area contributed by atoms with Crippen LogP contribution >= 0.6 is 0 Å². The zero-order valence-electron chi connectivity index (χ0n) is 6.43. The van der Waals surface area contributed by atoms with Crippen molar-refractivity contribution < 1.29 is 4.79 Å². The average Bonchev–Trinajstić information content (AvgIpc) is 1.63. The molecular formula is C7H13NO. The molecule has 0 unspecified atom stereocenters. The molecule has 0 rings (SSSR count). The van der Waals surface area contributed by atoms with E-state index in [9.17, 15) is 4.79 Å². The zero-order valence-corrected chi connectivity index (χ0v) is 6.43. The number of hydrogen-bond acceptors (Lipinski definition) is 2. The van der Waals surface area contributed by atoms with Gasteiger partial charge in [0.2, 0.25) is 0 Å². The van der Waals surface area contributed by atoms with Gasteiger partial charge in [0.15, 0.2) is 5.78 Å². The molecule has 0 N–H and O–H groups in total. The van der Waals surface area contributed by atoms with Crippen molar-refractivity contribution in [3.05, 3.63) is 11.8 Å². The number of Topliss-reactive ketones (excluding diaryl/α,β-unsaturated/α-hetero) is 1. The molecule has 0 saturated carbocycles. The second kappa shape index (κ2) is 3.28. The van der Waals surface area contributed by atoms with Crippen LogP contribution in [0.2, 0.25) is 0 Å². The minimum Gasteiger partial charge on any atom is -0.383 e. The Balaban J connectivity index is 4.00. The van der Waals surface area contributed by atoms with Gasteiger partial charge in [-0.1, -0.05) is 0 Å². The van der Waals surface area contributed by atoms with Crippen molar-refractivity contribution in [2.45, 2.75) is 13.8 Å². The lowest BCUT2D eigenvalue weighted by Crippen LogP contribution is -2.04. The molecule has 2 nitrogen and oxygen atoms in total. The van der Waals surface area contributed by atoms with E-state index in [1.165, 1.54) is 0 Å². The molecular weight excluding hydrogens is 114 g/mol. The summed E-state index contributed by atoms with van der Waals surface area (Å²) in [5, 5.41) is 0. The van der Waals surface area contributed by atoms with Crippen LogP contribution in [0.4, 0.5) is 0 Å². The molecule has 0 aliphatic heterocycles. The van der Waals surface area contributed by atoms with Gasteiger partial charge in [0, 0.05) is 25.9 Å². The molecule has 0 heterocycles. The zero-order chi connectivity index (χ0) is 7.44. The minimum atomic E-state index is 0.128. The molecule has 0 saturated heterocycles. The first-order valence-electron chi connectivity index (χ1n) is 2.90. The van der Waals surface area contributed by atoms with Crippen molar-refractivity contribution in [2.75, 3.05) is 14.1 Å². The molecule has 52 valence electrons. The van der Waals surface area contributed by atoms with Gasteiger partial charge in [-0.05, 0) is 13.8 Å². The second-order valence-corrected chi connectivity index (χ2v) is 2.33. The number of allylic oxidation sites excluding steroid dienone is 1. The van der Waals surface area contributed by atoms with E-state index in [-0.39, 0.29) is 5.78 Å². The second-order valence-electron chi connectivity index (χ2n) is 2.33. The fourth-order valence-electron chi connectivity index (χ4n) is 0.478. The monoisotopic (exact) mass is 127 g/mol. The summed E-state index contributed by atoms with van der Waals surface area (Å²) in [6.07, 6.45) is 1.81. The van der Waals surface area contributed by atoms with Crippen molar-refractivity contribution in [1.29, 1.82) is 0 Å². The van der Waals surface area contributed by atoms with Crippen molar-refractivity contribution in [1.82, 2.24) is 4.90 Å². The van der Waals surface area contributed by atoms with E-state index in [0.29, 0.717) is 0 Å². The third kappa shape index (κ3) is 3.76. The van der Waals surface area contributed by atoms with Gasteiger partial charge in [-0.2, -0.15) is 0 Å². The molecule has 0 amide bonds. The fourth-order valence-corrected chi connectivity index (χ4v) is 0.478. The normalized spacial score (nSPS) is 11.3. The van der Waals surface area contributed by atoms with Crippen LogP contribution in [0.15, 0.2) is 11.8 Å². The van der Waals surface area contributed by atoms with Crippen molar-refractivity contribution in [3.8, 4) is 0 Å². The van der Waals surface area contributed by atoms with Crippen LogP contribution in [0.1, 0.15) is 13.8 Å². The molecule has 0 atom stereocenters. The van der Waals surface area contributed by atoms with Gasteiger partial charge in [0.1, 0.15) is 0 Å². The lowest BCUT2D eigenvalue weighted by Gasteiger charge is -2.04. The highest BCUT2D eigenvalue weighted by atomic mass is 16.1. The van der Waals surface area contributed by atoms with Crippen LogP contribution in [0, 0.1) is 0 Å². The fraction of sp³-hybridized carbons (Fsp3) is 0.571. The van der Waals surface area contributed by atoms with Crippen LogP contribution in [0.25, 0.3) is 0 Å². The maximum Gasteiger partial charge on any atom is 0.156 e. The van der Waals surface area contributed by atoms with Gasteiger partial charge in [-0.15, -0.1) is 0 Å². The topological polar surface area (TPSA) is 20.3 Å². The smallest absolute Gasteiger partial charge is 0.156 e. The summed E-state index contributed by atoms with van der Waals surface area (Å²) in [6.45, 7) is 3.37. The maximum absolute atomic E-state index is 10.6. The molecule has 0 aromatic rings. The first-order chi connectivity index (χ1) is 4.04. The number of ketones is 1. The van der Waals surface area contributed by atoms with Gasteiger partial charge in [-0.3, -0.25) is 4.79 Å². The van der Waals surface area contributed by atoms with Crippen LogP contribution in [0.5, 0.6) is 0 Å². The number of hydrogen-bond donors (Lipinski definition) is 0. The Morgan fingerprint density at radius 2 is 1.78 bits per heavy atom. The van der Waals surface area contributed by atoms with Gasteiger partial charge < -0.3 is 4.90 Å². The third-order valence-electron chi connectivity index (χ3n) is 1.01. The van der Waals surface area contributed by atoms with Gasteiger partial charge in [0.25, 0.3) is 0 Å². The van der Waals surface area contributed by atoms with E-state index in [0.717, 1.165) is 5.57 Å². The average molecular weight is 127 g/mol. The highest BCUT2D eigenvalue weighted by molar-refractivity contribution is 5.92. The molecule has 0 aromatic carbocycles. The first kappa shape index (κ1) is 8.21. The molecule has 9 heavy (non-hydrogen) atoms. The van der Waals surface area contributed by atoms with E-state index in [1.54, 1.807) is 6.92 Å². The van der Waals surface area contributed by atoms with Gasteiger partial charge in [-0.25, -0.2) is 0 Å². The largest absolute Gasteiger partial charge is 0.383 e. The number of carbonyl (C=O) groups excluding carboxylic acids is 1. The van der Waals surface area contributed by atoms with Crippen molar-refractivity contribution in [2.24, 2.45) is 0 Å². The predicted octanol–water partition coefficient (Wildman–Crippen LogP) is 1.04. The van der Waals surface area contributed by atoms with Gasteiger partial charge in [0.05, 0.1) is 0 Å². The quantitative estimate of drug-likeness (QED) is 0.516. The molecule has 2 heteroatoms. The SMILES string of the molecule is CC(=O)/C(C)=C/N(C)C. The number of nitrogens with zero attached hydrogens (tertiary/aromatic N) is 1. The van der Waals surface area contributed by atoms with Crippen LogP contribution in [-0.2, 0) is 4.79 Å². The summed E-state index contributed by atoms with van der Waals surface area (Å²) in [4.78, 5) is 12.4. The summed E-state index contributed by atoms with van der Waals surface area (Å²) in [5.41, 5.74) is 0.792. The van der Waals surface area contributed by atoms with Crippen LogP contribution in [0.3, 0.4) is 0 Å². The van der Waals surface area contributed by atoms with Crippen molar-refractivity contribution in [3.63, 3.8) is 0 Å². The Kier molecular flexibility index (Phi) is 2.99. The molecule has 0 aromatic heterocycles. The van der Waals surface area contributed by atoms with E-state index in [1.807, 2.05) is 32.1 Å². The Morgan fingerprint density at radius 3 is 1.89 bits per heavy atom. The first-order valence-corrected chi connectivity index (χ1v) is 2.90. The molecule has 0 aliphatic carbocycles. The number of carbonyl (C=O) groups is 1. The standard InChI is InChI=1S/C7H13NO/c1-6(7(2)9)5-8(3)4/h5H,1-4H3/b6-5+. The third-order valence-corrected chi connectivity index (χ3v) is 1.01. The van der Waals surface area contributed by atoms with Gasteiger partial charge >= 0.3 is 0 Å². The lowest BCUT2D eigenvalue weighted by atomic mass is 10.2. The maximum atomic E-state index is 10.6. The lowest BCUT2D eigenvalue weighted by molar-refractivity contribution is -0.113. The summed E-state index contributed by atoms with van der Waals surface area (Å²) in [5.74, 6) is 0.128. The highest BCUT2D eigenvalue weighted by Crippen LogP contribution is 1.93. The minimum absolute atomic E-state index is 0.128. The Hall–Kier alpha value is -0.790. The Labute approximate surface area is 56.2 Å². The van der Waals surface area contributed by atoms with E-state index in [4.69, 9.17) is 0 Å². The van der Waals surface area contributed by atoms with E-state index >= 15 is 0 Å².